The number of hydrogen-bond donors (Lipinski definition) is 1. The smallest absolute Gasteiger partial charge is 0.123 e. The number of halogens is 1. The summed E-state index contributed by atoms with van der Waals surface area (Å²) in [6.07, 6.45) is 2.39. The van der Waals surface area contributed by atoms with Gasteiger partial charge < -0.3 is 5.11 Å². The van der Waals surface area contributed by atoms with Crippen LogP contribution in [0.5, 0.6) is 0 Å². The molecule has 0 aliphatic carbocycles. The number of rotatable bonds is 3. The Morgan fingerprint density at radius 1 is 1.42 bits per heavy atom. The fourth-order valence-electron chi connectivity index (χ4n) is 1.10. The molecule has 0 amide bonds. The zero-order chi connectivity index (χ0) is 8.97. The molecular weight excluding hydrogens is 155 g/mol. The largest absolute Gasteiger partial charge is 0.392 e. The molecule has 1 aromatic rings. The maximum Gasteiger partial charge on any atom is 0.123 e. The summed E-state index contributed by atoms with van der Waals surface area (Å²) < 4.78 is 12.6. The number of allylic oxidation sites excluding steroid dienone is 1. The molecule has 0 heterocycles. The molecule has 1 rings (SSSR count). The highest BCUT2D eigenvalue weighted by atomic mass is 19.1. The fourth-order valence-corrected chi connectivity index (χ4v) is 1.10. The molecular formula is C10H11FO. The lowest BCUT2D eigenvalue weighted by atomic mass is 10.1. The zero-order valence-electron chi connectivity index (χ0n) is 6.76. The minimum atomic E-state index is -0.313. The normalized spacial score (nSPS) is 9.83. The Morgan fingerprint density at radius 2 is 2.17 bits per heavy atom. The summed E-state index contributed by atoms with van der Waals surface area (Å²) in [5.74, 6) is -0.313. The van der Waals surface area contributed by atoms with Crippen molar-refractivity contribution in [1.82, 2.24) is 0 Å². The van der Waals surface area contributed by atoms with E-state index in [0.29, 0.717) is 12.0 Å². The van der Waals surface area contributed by atoms with E-state index in [0.717, 1.165) is 5.56 Å². The predicted molar refractivity (Wildman–Crippen MR) is 46.2 cm³/mol. The third-order valence-electron chi connectivity index (χ3n) is 1.70. The molecule has 0 aliphatic heterocycles. The van der Waals surface area contributed by atoms with Crippen molar-refractivity contribution in [2.45, 2.75) is 13.0 Å². The van der Waals surface area contributed by atoms with Crippen molar-refractivity contribution in [3.63, 3.8) is 0 Å². The summed E-state index contributed by atoms with van der Waals surface area (Å²) in [5.41, 5.74) is 1.56. The molecule has 0 atom stereocenters. The average Bonchev–Trinajstić information content (AvgIpc) is 2.08. The number of benzene rings is 1. The van der Waals surface area contributed by atoms with Gasteiger partial charge in [-0.3, -0.25) is 0 Å². The van der Waals surface area contributed by atoms with E-state index in [1.807, 2.05) is 0 Å². The second-order valence-corrected chi connectivity index (χ2v) is 2.56. The van der Waals surface area contributed by atoms with Crippen LogP contribution in [0, 0.1) is 5.82 Å². The van der Waals surface area contributed by atoms with Crippen molar-refractivity contribution in [2.75, 3.05) is 0 Å². The van der Waals surface area contributed by atoms with Gasteiger partial charge in [0.25, 0.3) is 0 Å². The SMILES string of the molecule is C=CCc1ccc(F)cc1CO. The Labute approximate surface area is 71.2 Å². The van der Waals surface area contributed by atoms with E-state index in [2.05, 4.69) is 6.58 Å². The van der Waals surface area contributed by atoms with Crippen LogP contribution in [-0.2, 0) is 13.0 Å². The molecule has 1 nitrogen and oxygen atoms in total. The minimum Gasteiger partial charge on any atom is -0.392 e. The Bertz CT molecular complexity index is 281. The molecule has 1 N–H and O–H groups in total. The van der Waals surface area contributed by atoms with Crippen molar-refractivity contribution in [2.24, 2.45) is 0 Å². The monoisotopic (exact) mass is 166 g/mol. The number of aliphatic hydroxyl groups is 1. The van der Waals surface area contributed by atoms with Crippen LogP contribution >= 0.6 is 0 Å². The van der Waals surface area contributed by atoms with E-state index in [1.54, 1.807) is 12.1 Å². The summed E-state index contributed by atoms with van der Waals surface area (Å²) in [6, 6.07) is 4.40. The molecule has 12 heavy (non-hydrogen) atoms. The van der Waals surface area contributed by atoms with Gasteiger partial charge in [-0.2, -0.15) is 0 Å². The second kappa shape index (κ2) is 4.02. The molecule has 2 heteroatoms. The van der Waals surface area contributed by atoms with Crippen LogP contribution in [0.3, 0.4) is 0 Å². The van der Waals surface area contributed by atoms with Gasteiger partial charge in [0.2, 0.25) is 0 Å². The van der Waals surface area contributed by atoms with Crippen molar-refractivity contribution in [3.8, 4) is 0 Å². The zero-order valence-corrected chi connectivity index (χ0v) is 6.76. The van der Waals surface area contributed by atoms with Crippen LogP contribution in [0.25, 0.3) is 0 Å². The third kappa shape index (κ3) is 1.92. The predicted octanol–water partition coefficient (Wildman–Crippen LogP) is 2.05. The molecule has 0 spiro atoms. The van der Waals surface area contributed by atoms with Gasteiger partial charge in [-0.05, 0) is 29.7 Å². The van der Waals surface area contributed by atoms with Gasteiger partial charge in [-0.15, -0.1) is 6.58 Å². The fraction of sp³-hybridized carbons (Fsp3) is 0.200. The Hall–Kier alpha value is -1.15. The molecule has 0 fully saturated rings. The van der Waals surface area contributed by atoms with Crippen LogP contribution in [0.2, 0.25) is 0 Å². The minimum absolute atomic E-state index is 0.124. The highest BCUT2D eigenvalue weighted by molar-refractivity contribution is 5.28. The Balaban J connectivity index is 3.01. The third-order valence-corrected chi connectivity index (χ3v) is 1.70. The molecule has 0 bridgehead atoms. The Kier molecular flexibility index (Phi) is 3.00. The molecule has 64 valence electrons. The summed E-state index contributed by atoms with van der Waals surface area (Å²) in [4.78, 5) is 0. The van der Waals surface area contributed by atoms with Gasteiger partial charge >= 0.3 is 0 Å². The average molecular weight is 166 g/mol. The molecule has 0 radical (unpaired) electrons. The van der Waals surface area contributed by atoms with Crippen LogP contribution in [0.1, 0.15) is 11.1 Å². The summed E-state index contributed by atoms with van der Waals surface area (Å²) in [7, 11) is 0. The van der Waals surface area contributed by atoms with E-state index in [-0.39, 0.29) is 12.4 Å². The van der Waals surface area contributed by atoms with Crippen molar-refractivity contribution >= 4 is 0 Å². The topological polar surface area (TPSA) is 20.2 Å². The first-order valence-corrected chi connectivity index (χ1v) is 3.77. The molecule has 0 unspecified atom stereocenters. The van der Waals surface area contributed by atoms with Crippen LogP contribution in [0.15, 0.2) is 30.9 Å². The molecule has 0 saturated carbocycles. The van der Waals surface area contributed by atoms with Gasteiger partial charge in [0.15, 0.2) is 0 Å². The Morgan fingerprint density at radius 3 is 2.75 bits per heavy atom. The molecule has 1 aromatic carbocycles. The van der Waals surface area contributed by atoms with Crippen molar-refractivity contribution < 1.29 is 9.50 Å². The first-order chi connectivity index (χ1) is 5.77. The lowest BCUT2D eigenvalue weighted by Crippen LogP contribution is -1.93. The second-order valence-electron chi connectivity index (χ2n) is 2.56. The standard InChI is InChI=1S/C10H11FO/c1-2-3-8-4-5-10(11)6-9(8)7-12/h2,4-6,12H,1,3,7H2. The first-order valence-electron chi connectivity index (χ1n) is 3.77. The van der Waals surface area contributed by atoms with Crippen molar-refractivity contribution in [1.29, 1.82) is 0 Å². The summed E-state index contributed by atoms with van der Waals surface area (Å²) >= 11 is 0. The van der Waals surface area contributed by atoms with Gasteiger partial charge in [0.1, 0.15) is 5.82 Å². The summed E-state index contributed by atoms with van der Waals surface area (Å²) in [5, 5.41) is 8.87. The van der Waals surface area contributed by atoms with E-state index in [4.69, 9.17) is 5.11 Å². The lowest BCUT2D eigenvalue weighted by molar-refractivity contribution is 0.280. The number of aliphatic hydroxyl groups excluding tert-OH is 1. The number of hydrogen-bond acceptors (Lipinski definition) is 1. The molecule has 0 saturated heterocycles. The van der Waals surface area contributed by atoms with E-state index in [1.165, 1.54) is 12.1 Å². The summed E-state index contributed by atoms with van der Waals surface area (Å²) in [6.45, 7) is 3.45. The van der Waals surface area contributed by atoms with Crippen LogP contribution in [0.4, 0.5) is 4.39 Å². The van der Waals surface area contributed by atoms with Gasteiger partial charge in [-0.25, -0.2) is 4.39 Å². The van der Waals surface area contributed by atoms with Crippen molar-refractivity contribution in [3.05, 3.63) is 47.8 Å². The quantitative estimate of drug-likeness (QED) is 0.681. The molecule has 0 aromatic heterocycles. The molecule has 0 aliphatic rings. The van der Waals surface area contributed by atoms with Crippen LogP contribution < -0.4 is 0 Å². The van der Waals surface area contributed by atoms with E-state index >= 15 is 0 Å². The van der Waals surface area contributed by atoms with Gasteiger partial charge in [-0.1, -0.05) is 12.1 Å². The van der Waals surface area contributed by atoms with Crippen LogP contribution in [-0.4, -0.2) is 5.11 Å². The maximum absolute atomic E-state index is 12.6. The van der Waals surface area contributed by atoms with E-state index in [9.17, 15) is 4.39 Å². The first kappa shape index (κ1) is 8.94. The highest BCUT2D eigenvalue weighted by Gasteiger charge is 2.00. The lowest BCUT2D eigenvalue weighted by Gasteiger charge is -2.03. The van der Waals surface area contributed by atoms with Gasteiger partial charge in [0, 0.05) is 0 Å². The maximum atomic E-state index is 12.6. The highest BCUT2D eigenvalue weighted by Crippen LogP contribution is 2.12. The van der Waals surface area contributed by atoms with Gasteiger partial charge in [0.05, 0.1) is 6.61 Å². The van der Waals surface area contributed by atoms with E-state index < -0.39 is 0 Å².